The molecule has 0 N–H and O–H groups in total. The molecule has 1 aromatic carbocycles. The minimum Gasteiger partial charge on any atom is -0.299 e. The Balaban J connectivity index is 1.90. The summed E-state index contributed by atoms with van der Waals surface area (Å²) in [6, 6.07) is 10.8. The third kappa shape index (κ3) is 3.32. The fraction of sp³-hybridized carbons (Fsp3) is 0.625. The number of piperidine rings is 1. The van der Waals surface area contributed by atoms with Crippen LogP contribution in [0.1, 0.15) is 32.8 Å². The van der Waals surface area contributed by atoms with Gasteiger partial charge in [0.05, 0.1) is 0 Å². The lowest BCUT2D eigenvalue weighted by molar-refractivity contribution is 0.0967. The summed E-state index contributed by atoms with van der Waals surface area (Å²) in [4.78, 5) is 2.61. The molecule has 17 heavy (non-hydrogen) atoms. The van der Waals surface area contributed by atoms with Gasteiger partial charge in [-0.05, 0) is 36.3 Å². The Morgan fingerprint density at radius 3 is 2.53 bits per heavy atom. The van der Waals surface area contributed by atoms with E-state index in [9.17, 15) is 0 Å². The summed E-state index contributed by atoms with van der Waals surface area (Å²) in [6.45, 7) is 10.8. The van der Waals surface area contributed by atoms with Crippen LogP contribution < -0.4 is 0 Å². The number of likely N-dealkylation sites (tertiary alicyclic amines) is 1. The number of benzene rings is 1. The zero-order valence-corrected chi connectivity index (χ0v) is 11.4. The van der Waals surface area contributed by atoms with Crippen LogP contribution in [0.2, 0.25) is 0 Å². The lowest BCUT2D eigenvalue weighted by Crippen LogP contribution is -2.40. The largest absolute Gasteiger partial charge is 0.299 e. The quantitative estimate of drug-likeness (QED) is 0.765. The van der Waals surface area contributed by atoms with E-state index >= 15 is 0 Å². The molecule has 2 atom stereocenters. The van der Waals surface area contributed by atoms with Gasteiger partial charge in [-0.2, -0.15) is 0 Å². The summed E-state index contributed by atoms with van der Waals surface area (Å²) in [5, 5.41) is 0. The normalized spacial score (nSPS) is 26.4. The lowest BCUT2D eigenvalue weighted by atomic mass is 9.79. The van der Waals surface area contributed by atoms with Gasteiger partial charge in [-0.25, -0.2) is 0 Å². The second-order valence-electron chi connectivity index (χ2n) is 5.89. The van der Waals surface area contributed by atoms with E-state index in [0.29, 0.717) is 0 Å². The standard InChI is InChI=1S/C16H25N/c1-13(2)16-9-10-17(11-14(16)3)12-15-7-5-4-6-8-15/h4-8,13-14,16H,9-12H2,1-3H3. The number of rotatable bonds is 3. The van der Waals surface area contributed by atoms with Crippen molar-refractivity contribution in [3.05, 3.63) is 35.9 Å². The lowest BCUT2D eigenvalue weighted by Gasteiger charge is -2.39. The third-order valence-electron chi connectivity index (χ3n) is 4.16. The van der Waals surface area contributed by atoms with Gasteiger partial charge in [0.1, 0.15) is 0 Å². The second-order valence-corrected chi connectivity index (χ2v) is 5.89. The molecular weight excluding hydrogens is 206 g/mol. The maximum atomic E-state index is 2.61. The van der Waals surface area contributed by atoms with Gasteiger partial charge in [-0.3, -0.25) is 4.90 Å². The Morgan fingerprint density at radius 1 is 1.24 bits per heavy atom. The first-order valence-corrected chi connectivity index (χ1v) is 6.93. The second kappa shape index (κ2) is 5.68. The highest BCUT2D eigenvalue weighted by Gasteiger charge is 2.27. The fourth-order valence-corrected chi connectivity index (χ4v) is 3.23. The monoisotopic (exact) mass is 231 g/mol. The summed E-state index contributed by atoms with van der Waals surface area (Å²) in [7, 11) is 0. The van der Waals surface area contributed by atoms with Crippen LogP contribution in [0.3, 0.4) is 0 Å². The molecule has 0 radical (unpaired) electrons. The molecule has 0 amide bonds. The van der Waals surface area contributed by atoms with Gasteiger partial charge in [0.15, 0.2) is 0 Å². The molecule has 0 bridgehead atoms. The summed E-state index contributed by atoms with van der Waals surface area (Å²) < 4.78 is 0. The van der Waals surface area contributed by atoms with Gasteiger partial charge in [0, 0.05) is 13.1 Å². The molecular formula is C16H25N. The van der Waals surface area contributed by atoms with Crippen LogP contribution in [0.5, 0.6) is 0 Å². The van der Waals surface area contributed by atoms with Crippen molar-refractivity contribution in [1.82, 2.24) is 4.90 Å². The molecule has 2 unspecified atom stereocenters. The van der Waals surface area contributed by atoms with Gasteiger partial charge in [0.2, 0.25) is 0 Å². The van der Waals surface area contributed by atoms with E-state index in [-0.39, 0.29) is 0 Å². The Kier molecular flexibility index (Phi) is 4.22. The predicted octanol–water partition coefficient (Wildman–Crippen LogP) is 3.80. The van der Waals surface area contributed by atoms with Crippen molar-refractivity contribution < 1.29 is 0 Å². The van der Waals surface area contributed by atoms with Gasteiger partial charge < -0.3 is 0 Å². The summed E-state index contributed by atoms with van der Waals surface area (Å²) in [5.41, 5.74) is 1.45. The summed E-state index contributed by atoms with van der Waals surface area (Å²) >= 11 is 0. The van der Waals surface area contributed by atoms with E-state index < -0.39 is 0 Å². The molecule has 0 spiro atoms. The molecule has 1 fully saturated rings. The zero-order valence-electron chi connectivity index (χ0n) is 11.4. The minimum atomic E-state index is 0.837. The maximum absolute atomic E-state index is 2.61. The smallest absolute Gasteiger partial charge is 0.0233 e. The van der Waals surface area contributed by atoms with E-state index in [4.69, 9.17) is 0 Å². The Labute approximate surface area is 106 Å². The van der Waals surface area contributed by atoms with Crippen LogP contribution in [-0.2, 0) is 6.54 Å². The SMILES string of the molecule is CC(C)C1CCN(Cc2ccccc2)CC1C. The summed E-state index contributed by atoms with van der Waals surface area (Å²) in [5.74, 6) is 2.60. The Morgan fingerprint density at radius 2 is 1.94 bits per heavy atom. The van der Waals surface area contributed by atoms with Crippen molar-refractivity contribution >= 4 is 0 Å². The molecule has 1 saturated heterocycles. The van der Waals surface area contributed by atoms with Crippen LogP contribution in [0.25, 0.3) is 0 Å². The molecule has 0 saturated carbocycles. The third-order valence-corrected chi connectivity index (χ3v) is 4.16. The van der Waals surface area contributed by atoms with Crippen molar-refractivity contribution in [3.63, 3.8) is 0 Å². The van der Waals surface area contributed by atoms with E-state index in [1.807, 2.05) is 0 Å². The molecule has 1 aliphatic rings. The number of hydrogen-bond acceptors (Lipinski definition) is 1. The zero-order chi connectivity index (χ0) is 12.3. The van der Waals surface area contributed by atoms with E-state index in [1.165, 1.54) is 25.1 Å². The minimum absolute atomic E-state index is 0.837. The average molecular weight is 231 g/mol. The van der Waals surface area contributed by atoms with E-state index in [0.717, 1.165) is 24.3 Å². The number of nitrogens with zero attached hydrogens (tertiary/aromatic N) is 1. The first-order chi connectivity index (χ1) is 8.16. The van der Waals surface area contributed by atoms with Gasteiger partial charge >= 0.3 is 0 Å². The molecule has 94 valence electrons. The van der Waals surface area contributed by atoms with Crippen molar-refractivity contribution in [3.8, 4) is 0 Å². The van der Waals surface area contributed by atoms with E-state index in [1.54, 1.807) is 0 Å². The summed E-state index contributed by atoms with van der Waals surface area (Å²) in [6.07, 6.45) is 1.37. The number of hydrogen-bond donors (Lipinski definition) is 0. The van der Waals surface area contributed by atoms with Crippen LogP contribution in [-0.4, -0.2) is 18.0 Å². The molecule has 0 aliphatic carbocycles. The molecule has 1 aromatic rings. The Hall–Kier alpha value is -0.820. The maximum Gasteiger partial charge on any atom is 0.0233 e. The molecule has 1 nitrogen and oxygen atoms in total. The van der Waals surface area contributed by atoms with Crippen molar-refractivity contribution in [2.75, 3.05) is 13.1 Å². The van der Waals surface area contributed by atoms with Gasteiger partial charge in [-0.15, -0.1) is 0 Å². The van der Waals surface area contributed by atoms with Crippen molar-refractivity contribution in [2.24, 2.45) is 17.8 Å². The topological polar surface area (TPSA) is 3.24 Å². The van der Waals surface area contributed by atoms with Gasteiger partial charge in [0.25, 0.3) is 0 Å². The molecule has 2 rings (SSSR count). The molecule has 1 heteroatoms. The highest BCUT2D eigenvalue weighted by atomic mass is 15.1. The first kappa shape index (κ1) is 12.6. The fourth-order valence-electron chi connectivity index (χ4n) is 3.23. The van der Waals surface area contributed by atoms with Crippen LogP contribution >= 0.6 is 0 Å². The van der Waals surface area contributed by atoms with Crippen molar-refractivity contribution in [1.29, 1.82) is 0 Å². The molecule has 1 aliphatic heterocycles. The molecule has 0 aromatic heterocycles. The van der Waals surface area contributed by atoms with Crippen LogP contribution in [0.15, 0.2) is 30.3 Å². The van der Waals surface area contributed by atoms with Crippen molar-refractivity contribution in [2.45, 2.75) is 33.7 Å². The van der Waals surface area contributed by atoms with Crippen LogP contribution in [0, 0.1) is 17.8 Å². The van der Waals surface area contributed by atoms with Gasteiger partial charge in [-0.1, -0.05) is 51.1 Å². The predicted molar refractivity (Wildman–Crippen MR) is 73.8 cm³/mol. The average Bonchev–Trinajstić information content (AvgIpc) is 2.30. The highest BCUT2D eigenvalue weighted by molar-refractivity contribution is 5.14. The Bertz CT molecular complexity index is 331. The van der Waals surface area contributed by atoms with E-state index in [2.05, 4.69) is 56.0 Å². The molecule has 1 heterocycles. The van der Waals surface area contributed by atoms with Crippen LogP contribution in [0.4, 0.5) is 0 Å². The first-order valence-electron chi connectivity index (χ1n) is 6.93. The highest BCUT2D eigenvalue weighted by Crippen LogP contribution is 2.30.